The van der Waals surface area contributed by atoms with Crippen LogP contribution in [0.25, 0.3) is 0 Å². The maximum Gasteiger partial charge on any atom is 0.338 e. The number of Topliss-reactive ketones (excluding diaryl/α,β-unsaturated/α-hetero) is 1. The van der Waals surface area contributed by atoms with Gasteiger partial charge in [0.2, 0.25) is 5.78 Å². The Morgan fingerprint density at radius 1 is 0.812 bits per heavy atom. The van der Waals surface area contributed by atoms with Gasteiger partial charge in [-0.1, -0.05) is 23.8 Å². The average molecular weight is 452 g/mol. The summed E-state index contributed by atoms with van der Waals surface area (Å²) in [6.45, 7) is 7.10. The van der Waals surface area contributed by atoms with Crippen LogP contribution in [-0.2, 0) is 14.8 Å². The number of benzene rings is 3. The van der Waals surface area contributed by atoms with E-state index in [0.717, 1.165) is 22.3 Å². The van der Waals surface area contributed by atoms with E-state index in [1.807, 2.05) is 39.8 Å². The highest BCUT2D eigenvalue weighted by Gasteiger charge is 2.17. The number of ketones is 1. The Labute approximate surface area is 188 Å². The van der Waals surface area contributed by atoms with E-state index in [-0.39, 0.29) is 22.8 Å². The van der Waals surface area contributed by atoms with Crippen LogP contribution in [0.5, 0.6) is 0 Å². The smallest absolute Gasteiger partial charge is 0.338 e. The topological polar surface area (TPSA) is 89.5 Å². The summed E-state index contributed by atoms with van der Waals surface area (Å²) >= 11 is 0. The molecular formula is C25H25NO5S. The van der Waals surface area contributed by atoms with Gasteiger partial charge < -0.3 is 4.74 Å². The number of sulfonamides is 1. The summed E-state index contributed by atoms with van der Waals surface area (Å²) < 4.78 is 32.9. The largest absolute Gasteiger partial charge is 0.454 e. The molecule has 0 spiro atoms. The summed E-state index contributed by atoms with van der Waals surface area (Å²) in [4.78, 5) is 24.9. The van der Waals surface area contributed by atoms with Gasteiger partial charge in [0.05, 0.1) is 10.5 Å². The SMILES string of the molecule is Cc1ccc(C)c(C(=O)COC(=O)c2ccc(NS(=O)(=O)c3ccc(C)c(C)c3)cc2)c1. The van der Waals surface area contributed by atoms with Gasteiger partial charge in [-0.25, -0.2) is 13.2 Å². The number of rotatable bonds is 7. The van der Waals surface area contributed by atoms with Gasteiger partial charge in [-0.3, -0.25) is 9.52 Å². The first-order valence-corrected chi connectivity index (χ1v) is 11.5. The summed E-state index contributed by atoms with van der Waals surface area (Å²) in [6.07, 6.45) is 0. The second-order valence-electron chi connectivity index (χ2n) is 7.75. The first-order chi connectivity index (χ1) is 15.1. The van der Waals surface area contributed by atoms with E-state index < -0.39 is 16.0 Å². The minimum Gasteiger partial charge on any atom is -0.454 e. The summed E-state index contributed by atoms with van der Waals surface area (Å²) in [7, 11) is -3.76. The highest BCUT2D eigenvalue weighted by atomic mass is 32.2. The van der Waals surface area contributed by atoms with E-state index in [2.05, 4.69) is 4.72 Å². The molecule has 3 aromatic rings. The van der Waals surface area contributed by atoms with Gasteiger partial charge in [0, 0.05) is 11.3 Å². The normalized spacial score (nSPS) is 11.1. The van der Waals surface area contributed by atoms with Gasteiger partial charge in [0.25, 0.3) is 10.0 Å². The standard InChI is InChI=1S/C25H25NO5S/c1-16-5-6-18(3)23(13-16)24(27)15-31-25(28)20-8-10-21(11-9-20)26-32(29,30)22-12-7-17(2)19(4)14-22/h5-14,26H,15H2,1-4H3. The number of esters is 1. The Morgan fingerprint density at radius 2 is 1.47 bits per heavy atom. The van der Waals surface area contributed by atoms with Crippen LogP contribution in [0.4, 0.5) is 5.69 Å². The Bertz CT molecular complexity index is 1280. The number of anilines is 1. The highest BCUT2D eigenvalue weighted by molar-refractivity contribution is 7.92. The lowest BCUT2D eigenvalue weighted by atomic mass is 10.0. The molecule has 0 fully saturated rings. The van der Waals surface area contributed by atoms with Crippen LogP contribution in [0.15, 0.2) is 65.6 Å². The summed E-state index contributed by atoms with van der Waals surface area (Å²) in [5, 5.41) is 0. The molecule has 166 valence electrons. The van der Waals surface area contributed by atoms with E-state index in [9.17, 15) is 18.0 Å². The Balaban J connectivity index is 1.64. The molecule has 0 bridgehead atoms. The lowest BCUT2D eigenvalue weighted by Crippen LogP contribution is -2.16. The van der Waals surface area contributed by atoms with Crippen LogP contribution in [-0.4, -0.2) is 26.8 Å². The molecule has 32 heavy (non-hydrogen) atoms. The second kappa shape index (κ2) is 9.36. The van der Waals surface area contributed by atoms with Crippen LogP contribution >= 0.6 is 0 Å². The monoisotopic (exact) mass is 451 g/mol. The lowest BCUT2D eigenvalue weighted by Gasteiger charge is -2.11. The van der Waals surface area contributed by atoms with E-state index in [1.54, 1.807) is 24.3 Å². The van der Waals surface area contributed by atoms with Crippen LogP contribution in [0, 0.1) is 27.7 Å². The fourth-order valence-corrected chi connectivity index (χ4v) is 4.24. The lowest BCUT2D eigenvalue weighted by molar-refractivity contribution is 0.0474. The summed E-state index contributed by atoms with van der Waals surface area (Å²) in [6, 6.07) is 16.3. The fraction of sp³-hybridized carbons (Fsp3) is 0.200. The molecule has 0 aliphatic rings. The minimum atomic E-state index is -3.76. The van der Waals surface area contributed by atoms with Crippen molar-refractivity contribution in [3.63, 3.8) is 0 Å². The van der Waals surface area contributed by atoms with E-state index >= 15 is 0 Å². The van der Waals surface area contributed by atoms with Crippen molar-refractivity contribution in [1.29, 1.82) is 0 Å². The third-order valence-electron chi connectivity index (χ3n) is 5.19. The Kier molecular flexibility index (Phi) is 6.79. The zero-order valence-corrected chi connectivity index (χ0v) is 19.2. The van der Waals surface area contributed by atoms with E-state index in [4.69, 9.17) is 4.74 Å². The van der Waals surface area contributed by atoms with Crippen LogP contribution in [0.1, 0.15) is 43.0 Å². The molecule has 0 amide bonds. The number of hydrogen-bond acceptors (Lipinski definition) is 5. The first kappa shape index (κ1) is 23.2. The maximum atomic E-state index is 12.6. The molecule has 0 saturated carbocycles. The summed E-state index contributed by atoms with van der Waals surface area (Å²) in [5.74, 6) is -0.940. The predicted octanol–water partition coefficient (Wildman–Crippen LogP) is 4.76. The zero-order valence-electron chi connectivity index (χ0n) is 18.4. The van der Waals surface area contributed by atoms with E-state index in [0.29, 0.717) is 11.3 Å². The van der Waals surface area contributed by atoms with Crippen molar-refractivity contribution in [2.45, 2.75) is 32.6 Å². The van der Waals surface area contributed by atoms with Crippen LogP contribution in [0.3, 0.4) is 0 Å². The fourth-order valence-electron chi connectivity index (χ4n) is 3.10. The predicted molar refractivity (Wildman–Crippen MR) is 124 cm³/mol. The van der Waals surface area contributed by atoms with Gasteiger partial charge >= 0.3 is 5.97 Å². The molecule has 0 unspecified atom stereocenters. The van der Waals surface area contributed by atoms with Gasteiger partial charge in [0.15, 0.2) is 6.61 Å². The van der Waals surface area contributed by atoms with Gasteiger partial charge in [0.1, 0.15) is 0 Å². The van der Waals surface area contributed by atoms with Crippen molar-refractivity contribution in [1.82, 2.24) is 0 Å². The van der Waals surface area contributed by atoms with Crippen molar-refractivity contribution in [2.75, 3.05) is 11.3 Å². The maximum absolute atomic E-state index is 12.6. The number of hydrogen-bond donors (Lipinski definition) is 1. The molecule has 7 heteroatoms. The number of nitrogens with one attached hydrogen (secondary N) is 1. The molecule has 0 saturated heterocycles. The molecule has 0 heterocycles. The molecular weight excluding hydrogens is 426 g/mol. The van der Waals surface area contributed by atoms with Gasteiger partial charge in [-0.2, -0.15) is 0 Å². The van der Waals surface area contributed by atoms with Crippen molar-refractivity contribution in [2.24, 2.45) is 0 Å². The Morgan fingerprint density at radius 3 is 2.12 bits per heavy atom. The van der Waals surface area contributed by atoms with Crippen molar-refractivity contribution in [3.8, 4) is 0 Å². The molecule has 0 atom stereocenters. The number of carbonyl (C=O) groups is 2. The van der Waals surface area contributed by atoms with Crippen molar-refractivity contribution >= 4 is 27.5 Å². The molecule has 3 rings (SSSR count). The number of aryl methyl sites for hydroxylation is 4. The molecule has 3 aromatic carbocycles. The first-order valence-electron chi connectivity index (χ1n) is 10.0. The van der Waals surface area contributed by atoms with Crippen LogP contribution in [0.2, 0.25) is 0 Å². The average Bonchev–Trinajstić information content (AvgIpc) is 2.75. The highest BCUT2D eigenvalue weighted by Crippen LogP contribution is 2.20. The summed E-state index contributed by atoms with van der Waals surface area (Å²) in [5.41, 5.74) is 4.69. The molecule has 0 radical (unpaired) electrons. The molecule has 6 nitrogen and oxygen atoms in total. The third-order valence-corrected chi connectivity index (χ3v) is 6.57. The van der Waals surface area contributed by atoms with E-state index in [1.165, 1.54) is 24.3 Å². The van der Waals surface area contributed by atoms with Gasteiger partial charge in [-0.05, 0) is 86.8 Å². The molecule has 0 aromatic heterocycles. The number of ether oxygens (including phenoxy) is 1. The number of carbonyl (C=O) groups excluding carboxylic acids is 2. The quantitative estimate of drug-likeness (QED) is 0.413. The van der Waals surface area contributed by atoms with Gasteiger partial charge in [-0.15, -0.1) is 0 Å². The molecule has 0 aliphatic carbocycles. The van der Waals surface area contributed by atoms with Crippen molar-refractivity contribution in [3.05, 3.63) is 94.0 Å². The Hall–Kier alpha value is -3.45. The molecule has 0 aliphatic heterocycles. The molecule has 1 N–H and O–H groups in total. The van der Waals surface area contributed by atoms with Crippen LogP contribution < -0.4 is 4.72 Å². The zero-order chi connectivity index (χ0) is 23.5. The third kappa shape index (κ3) is 5.42. The van der Waals surface area contributed by atoms with Crippen molar-refractivity contribution < 1.29 is 22.7 Å². The minimum absolute atomic E-state index is 0.161. The second-order valence-corrected chi connectivity index (χ2v) is 9.43.